The Morgan fingerprint density at radius 3 is 2.64 bits per heavy atom. The van der Waals surface area contributed by atoms with Crippen molar-refractivity contribution in [1.82, 2.24) is 10.6 Å². The van der Waals surface area contributed by atoms with Gasteiger partial charge in [-0.1, -0.05) is 12.1 Å². The van der Waals surface area contributed by atoms with Crippen LogP contribution in [0.25, 0.3) is 0 Å². The van der Waals surface area contributed by atoms with Crippen molar-refractivity contribution < 1.29 is 9.72 Å². The molecule has 0 aliphatic carbocycles. The second-order valence-corrected chi connectivity index (χ2v) is 6.00. The fourth-order valence-corrected chi connectivity index (χ4v) is 3.41. The molecule has 2 bridgehead atoms. The molecular formula is C15H20N4O3. The van der Waals surface area contributed by atoms with E-state index in [1.807, 2.05) is 0 Å². The number of carbonyl (C=O) groups is 1. The van der Waals surface area contributed by atoms with Gasteiger partial charge in [-0.25, -0.2) is 0 Å². The van der Waals surface area contributed by atoms with Gasteiger partial charge < -0.3 is 16.0 Å². The van der Waals surface area contributed by atoms with Gasteiger partial charge >= 0.3 is 0 Å². The van der Waals surface area contributed by atoms with E-state index in [0.717, 1.165) is 12.8 Å². The summed E-state index contributed by atoms with van der Waals surface area (Å²) in [4.78, 5) is 22.5. The first-order valence-corrected chi connectivity index (χ1v) is 7.64. The zero-order chi connectivity index (χ0) is 15.5. The predicted octanol–water partition coefficient (Wildman–Crippen LogP) is 1.41. The highest BCUT2D eigenvalue weighted by molar-refractivity contribution is 5.82. The van der Waals surface area contributed by atoms with Crippen LogP contribution in [-0.2, 0) is 4.79 Å². The van der Waals surface area contributed by atoms with Crippen LogP contribution in [0.15, 0.2) is 24.3 Å². The number of hydrogen-bond donors (Lipinski definition) is 3. The zero-order valence-corrected chi connectivity index (χ0v) is 12.2. The summed E-state index contributed by atoms with van der Waals surface area (Å²) < 4.78 is 0. The van der Waals surface area contributed by atoms with Crippen molar-refractivity contribution in [3.63, 3.8) is 0 Å². The highest BCUT2D eigenvalue weighted by Crippen LogP contribution is 2.27. The van der Waals surface area contributed by atoms with Crippen LogP contribution in [0.2, 0.25) is 0 Å². The average Bonchev–Trinajstić information content (AvgIpc) is 2.84. The van der Waals surface area contributed by atoms with Crippen LogP contribution in [0.5, 0.6) is 0 Å². The van der Waals surface area contributed by atoms with Gasteiger partial charge in [0.1, 0.15) is 5.69 Å². The van der Waals surface area contributed by atoms with Gasteiger partial charge in [0.15, 0.2) is 0 Å². The van der Waals surface area contributed by atoms with Crippen LogP contribution in [0.3, 0.4) is 0 Å². The lowest BCUT2D eigenvalue weighted by Gasteiger charge is -2.29. The van der Waals surface area contributed by atoms with E-state index < -0.39 is 4.92 Å². The third kappa shape index (κ3) is 3.36. The molecule has 1 amide bonds. The number of anilines is 1. The molecule has 7 nitrogen and oxygen atoms in total. The molecule has 0 saturated carbocycles. The van der Waals surface area contributed by atoms with Crippen LogP contribution >= 0.6 is 0 Å². The van der Waals surface area contributed by atoms with Crippen molar-refractivity contribution in [3.05, 3.63) is 34.4 Å². The molecule has 2 atom stereocenters. The fraction of sp³-hybridized carbons (Fsp3) is 0.533. The molecule has 118 valence electrons. The fourth-order valence-electron chi connectivity index (χ4n) is 3.41. The molecule has 2 unspecified atom stereocenters. The normalized spacial score (nSPS) is 26.5. The summed E-state index contributed by atoms with van der Waals surface area (Å²) >= 11 is 0. The molecule has 2 fully saturated rings. The maximum Gasteiger partial charge on any atom is 0.292 e. The zero-order valence-electron chi connectivity index (χ0n) is 12.2. The number of nitro benzene ring substituents is 1. The number of nitrogens with zero attached hydrogens (tertiary/aromatic N) is 1. The molecule has 2 heterocycles. The molecule has 3 N–H and O–H groups in total. The molecule has 2 saturated heterocycles. The molecule has 2 aliphatic heterocycles. The third-order valence-corrected chi connectivity index (χ3v) is 4.38. The Bertz CT molecular complexity index is 566. The van der Waals surface area contributed by atoms with Crippen molar-refractivity contribution in [2.75, 3.05) is 11.9 Å². The SMILES string of the molecule is O=C(CNc1ccccc1[N+](=O)[O-])NC1CC2CCC(C1)N2. The van der Waals surface area contributed by atoms with Crippen molar-refractivity contribution >= 4 is 17.3 Å². The number of nitrogens with one attached hydrogen (secondary N) is 3. The van der Waals surface area contributed by atoms with Gasteiger partial charge in [0.25, 0.3) is 5.69 Å². The molecule has 1 aromatic rings. The molecule has 0 aromatic heterocycles. The lowest BCUT2D eigenvalue weighted by Crippen LogP contribution is -2.49. The molecule has 2 aliphatic rings. The largest absolute Gasteiger partial charge is 0.371 e. The average molecular weight is 304 g/mol. The first-order chi connectivity index (χ1) is 10.6. The number of fused-ring (bicyclic) bond motifs is 2. The van der Waals surface area contributed by atoms with E-state index in [1.165, 1.54) is 18.9 Å². The topological polar surface area (TPSA) is 96.3 Å². The van der Waals surface area contributed by atoms with E-state index in [1.54, 1.807) is 18.2 Å². The number of amides is 1. The summed E-state index contributed by atoms with van der Waals surface area (Å²) in [5.74, 6) is -0.121. The smallest absolute Gasteiger partial charge is 0.292 e. The summed E-state index contributed by atoms with van der Waals surface area (Å²) in [7, 11) is 0. The quantitative estimate of drug-likeness (QED) is 0.564. The van der Waals surface area contributed by atoms with Crippen LogP contribution in [0.1, 0.15) is 25.7 Å². The molecule has 22 heavy (non-hydrogen) atoms. The van der Waals surface area contributed by atoms with Crippen LogP contribution in [-0.4, -0.2) is 35.5 Å². The van der Waals surface area contributed by atoms with Gasteiger partial charge in [0, 0.05) is 24.2 Å². The van der Waals surface area contributed by atoms with E-state index >= 15 is 0 Å². The Kier molecular flexibility index (Phi) is 4.24. The van der Waals surface area contributed by atoms with Gasteiger partial charge in [-0.2, -0.15) is 0 Å². The Labute approximate surface area is 128 Å². The van der Waals surface area contributed by atoms with E-state index in [0.29, 0.717) is 17.8 Å². The highest BCUT2D eigenvalue weighted by atomic mass is 16.6. The maximum atomic E-state index is 12.0. The monoisotopic (exact) mass is 304 g/mol. The highest BCUT2D eigenvalue weighted by Gasteiger charge is 2.33. The second-order valence-electron chi connectivity index (χ2n) is 6.00. The van der Waals surface area contributed by atoms with Crippen LogP contribution in [0.4, 0.5) is 11.4 Å². The van der Waals surface area contributed by atoms with Gasteiger partial charge in [0.2, 0.25) is 5.91 Å². The second kappa shape index (κ2) is 6.31. The van der Waals surface area contributed by atoms with Gasteiger partial charge in [-0.05, 0) is 31.7 Å². The number of piperidine rings is 1. The van der Waals surface area contributed by atoms with Crippen molar-refractivity contribution in [2.45, 2.75) is 43.8 Å². The third-order valence-electron chi connectivity index (χ3n) is 4.38. The number of hydrogen-bond acceptors (Lipinski definition) is 5. The van der Waals surface area contributed by atoms with Gasteiger partial charge in [-0.15, -0.1) is 0 Å². The van der Waals surface area contributed by atoms with Crippen LogP contribution in [0, 0.1) is 10.1 Å². The Morgan fingerprint density at radius 1 is 1.27 bits per heavy atom. The molecule has 7 heteroatoms. The van der Waals surface area contributed by atoms with Crippen LogP contribution < -0.4 is 16.0 Å². The van der Waals surface area contributed by atoms with E-state index in [-0.39, 0.29) is 24.2 Å². The predicted molar refractivity (Wildman–Crippen MR) is 82.7 cm³/mol. The van der Waals surface area contributed by atoms with E-state index in [2.05, 4.69) is 16.0 Å². The molecule has 1 aromatic carbocycles. The first kappa shape index (κ1) is 14.8. The molecule has 3 rings (SSSR count). The minimum Gasteiger partial charge on any atom is -0.371 e. The van der Waals surface area contributed by atoms with E-state index in [9.17, 15) is 14.9 Å². The number of para-hydroxylation sites is 2. The van der Waals surface area contributed by atoms with Crippen molar-refractivity contribution in [2.24, 2.45) is 0 Å². The summed E-state index contributed by atoms with van der Waals surface area (Å²) in [6, 6.07) is 7.59. The van der Waals surface area contributed by atoms with Crippen molar-refractivity contribution in [3.8, 4) is 0 Å². The molecular weight excluding hydrogens is 284 g/mol. The standard InChI is InChI=1S/C15H20N4O3/c20-15(18-12-7-10-5-6-11(8-12)17-10)9-16-13-3-1-2-4-14(13)19(21)22/h1-4,10-12,16-17H,5-9H2,(H,18,20). The number of benzene rings is 1. The lowest BCUT2D eigenvalue weighted by molar-refractivity contribution is -0.383. The molecule has 0 spiro atoms. The maximum absolute atomic E-state index is 12.0. The lowest BCUT2D eigenvalue weighted by atomic mass is 10.00. The minimum atomic E-state index is -0.454. The minimum absolute atomic E-state index is 0.0183. The number of nitro groups is 1. The Hall–Kier alpha value is -2.15. The van der Waals surface area contributed by atoms with Gasteiger partial charge in [0.05, 0.1) is 11.5 Å². The molecule has 0 radical (unpaired) electrons. The summed E-state index contributed by atoms with van der Waals surface area (Å²) in [6.07, 6.45) is 4.30. The summed E-state index contributed by atoms with van der Waals surface area (Å²) in [5, 5.41) is 20.3. The van der Waals surface area contributed by atoms with Crippen molar-refractivity contribution in [1.29, 1.82) is 0 Å². The number of carbonyl (C=O) groups excluding carboxylic acids is 1. The van der Waals surface area contributed by atoms with E-state index in [4.69, 9.17) is 0 Å². The first-order valence-electron chi connectivity index (χ1n) is 7.64. The summed E-state index contributed by atoms with van der Waals surface area (Å²) in [6.45, 7) is 0.0457. The Balaban J connectivity index is 1.51. The van der Waals surface area contributed by atoms with Gasteiger partial charge in [-0.3, -0.25) is 14.9 Å². The number of rotatable bonds is 5. The Morgan fingerprint density at radius 2 is 1.95 bits per heavy atom. The summed E-state index contributed by atoms with van der Waals surface area (Å²) in [5.41, 5.74) is 0.350.